The molecule has 1 aliphatic rings. The number of phenols is 1. The van der Waals surface area contributed by atoms with E-state index in [2.05, 4.69) is 15.5 Å². The van der Waals surface area contributed by atoms with E-state index >= 15 is 0 Å². The van der Waals surface area contributed by atoms with E-state index in [1.54, 1.807) is 6.07 Å². The van der Waals surface area contributed by atoms with Gasteiger partial charge in [0.2, 0.25) is 11.7 Å². The van der Waals surface area contributed by atoms with Crippen LogP contribution in [0.2, 0.25) is 0 Å². The van der Waals surface area contributed by atoms with Crippen LogP contribution in [0.5, 0.6) is 5.75 Å². The Kier molecular flexibility index (Phi) is 3.88. The summed E-state index contributed by atoms with van der Waals surface area (Å²) in [7, 11) is 0. The first-order valence-electron chi connectivity index (χ1n) is 6.35. The van der Waals surface area contributed by atoms with Gasteiger partial charge in [-0.05, 0) is 18.2 Å². The molecule has 1 aromatic heterocycles. The number of thioether (sulfide) groups is 1. The molecule has 1 atom stereocenters. The van der Waals surface area contributed by atoms with Crippen LogP contribution in [0.15, 0.2) is 22.7 Å². The van der Waals surface area contributed by atoms with Crippen molar-refractivity contribution in [2.75, 3.05) is 18.1 Å². The Morgan fingerprint density at radius 1 is 1.50 bits per heavy atom. The fourth-order valence-electron chi connectivity index (χ4n) is 2.06. The van der Waals surface area contributed by atoms with Gasteiger partial charge in [-0.1, -0.05) is 5.16 Å². The minimum atomic E-state index is -0.695. The highest BCUT2D eigenvalue weighted by Crippen LogP contribution is 2.23. The number of nitrogens with zero attached hydrogens (tertiary/aromatic N) is 2. The smallest absolute Gasteiger partial charge is 0.228 e. The topological polar surface area (TPSA) is 71.2 Å². The normalized spacial score (nSPS) is 19.1. The summed E-state index contributed by atoms with van der Waals surface area (Å²) in [4.78, 5) is 4.27. The van der Waals surface area contributed by atoms with E-state index in [1.807, 2.05) is 11.8 Å². The van der Waals surface area contributed by atoms with Crippen molar-refractivity contribution in [2.45, 2.75) is 12.5 Å². The van der Waals surface area contributed by atoms with Gasteiger partial charge in [0.1, 0.15) is 0 Å². The van der Waals surface area contributed by atoms with Crippen LogP contribution in [-0.4, -0.2) is 39.3 Å². The first-order valence-corrected chi connectivity index (χ1v) is 7.50. The first-order chi connectivity index (χ1) is 9.72. The molecule has 1 aromatic carbocycles. The van der Waals surface area contributed by atoms with Crippen molar-refractivity contribution in [3.8, 4) is 17.1 Å². The summed E-state index contributed by atoms with van der Waals surface area (Å²) in [6.45, 7) is 0.986. The summed E-state index contributed by atoms with van der Waals surface area (Å²) in [6.07, 6.45) is 0.667. The maximum atomic E-state index is 13.3. The third-order valence-electron chi connectivity index (χ3n) is 3.09. The van der Waals surface area contributed by atoms with Gasteiger partial charge in [0.25, 0.3) is 0 Å². The number of hydrogen-bond donors (Lipinski definition) is 2. The van der Waals surface area contributed by atoms with Crippen molar-refractivity contribution in [3.05, 3.63) is 29.9 Å². The van der Waals surface area contributed by atoms with E-state index in [4.69, 9.17) is 9.63 Å². The van der Waals surface area contributed by atoms with Crippen LogP contribution in [0.25, 0.3) is 11.4 Å². The molecular formula is C13H14FN3O2S. The molecule has 2 heterocycles. The van der Waals surface area contributed by atoms with Gasteiger partial charge in [0.15, 0.2) is 11.6 Å². The Morgan fingerprint density at radius 2 is 2.40 bits per heavy atom. The Labute approximate surface area is 119 Å². The number of halogens is 1. The summed E-state index contributed by atoms with van der Waals surface area (Å²) < 4.78 is 18.5. The lowest BCUT2D eigenvalue weighted by atomic mass is 10.2. The van der Waals surface area contributed by atoms with Gasteiger partial charge in [0, 0.05) is 36.1 Å². The Balaban J connectivity index is 1.73. The van der Waals surface area contributed by atoms with E-state index in [0.717, 1.165) is 18.1 Å². The zero-order valence-corrected chi connectivity index (χ0v) is 11.5. The lowest BCUT2D eigenvalue weighted by molar-refractivity contribution is 0.363. The number of hydrogen-bond acceptors (Lipinski definition) is 6. The Morgan fingerprint density at radius 3 is 3.15 bits per heavy atom. The quantitative estimate of drug-likeness (QED) is 0.900. The van der Waals surface area contributed by atoms with Gasteiger partial charge >= 0.3 is 0 Å². The molecule has 106 valence electrons. The third kappa shape index (κ3) is 2.94. The minimum Gasteiger partial charge on any atom is -0.505 e. The van der Waals surface area contributed by atoms with Crippen molar-refractivity contribution in [3.63, 3.8) is 0 Å². The summed E-state index contributed by atoms with van der Waals surface area (Å²) in [5, 5.41) is 16.4. The SMILES string of the molecule is Oc1ccc(-c2noc(CC3CSCCN3)n2)cc1F. The number of aromatic hydroxyl groups is 1. The molecule has 0 saturated carbocycles. The van der Waals surface area contributed by atoms with Crippen LogP contribution in [0, 0.1) is 5.82 Å². The van der Waals surface area contributed by atoms with E-state index in [9.17, 15) is 4.39 Å². The fraction of sp³-hybridized carbons (Fsp3) is 0.385. The van der Waals surface area contributed by atoms with Crippen molar-refractivity contribution < 1.29 is 14.0 Å². The molecule has 0 aliphatic carbocycles. The van der Waals surface area contributed by atoms with Crippen molar-refractivity contribution in [2.24, 2.45) is 0 Å². The molecule has 5 nitrogen and oxygen atoms in total. The number of benzene rings is 1. The molecule has 1 unspecified atom stereocenters. The molecule has 7 heteroatoms. The minimum absolute atomic E-state index is 0.332. The highest BCUT2D eigenvalue weighted by molar-refractivity contribution is 7.99. The second-order valence-electron chi connectivity index (χ2n) is 4.61. The number of aromatic nitrogens is 2. The summed E-state index contributed by atoms with van der Waals surface area (Å²) in [5.41, 5.74) is 0.487. The zero-order valence-electron chi connectivity index (χ0n) is 10.7. The second kappa shape index (κ2) is 5.80. The van der Waals surface area contributed by atoms with Crippen LogP contribution in [0.4, 0.5) is 4.39 Å². The van der Waals surface area contributed by atoms with Gasteiger partial charge in [-0.3, -0.25) is 0 Å². The highest BCUT2D eigenvalue weighted by atomic mass is 32.2. The first kappa shape index (κ1) is 13.4. The summed E-state index contributed by atoms with van der Waals surface area (Å²) in [5.74, 6) is 1.93. The van der Waals surface area contributed by atoms with Gasteiger partial charge < -0.3 is 14.9 Å². The van der Waals surface area contributed by atoms with E-state index in [-0.39, 0.29) is 5.75 Å². The van der Waals surface area contributed by atoms with Crippen LogP contribution in [0.1, 0.15) is 5.89 Å². The average Bonchev–Trinajstić information content (AvgIpc) is 2.91. The monoisotopic (exact) mass is 295 g/mol. The molecule has 1 saturated heterocycles. The van der Waals surface area contributed by atoms with Gasteiger partial charge in [-0.2, -0.15) is 16.7 Å². The predicted octanol–water partition coefficient (Wildman–Crippen LogP) is 1.83. The number of phenolic OH excluding ortho intramolecular Hbond substituents is 1. The molecule has 1 aliphatic heterocycles. The van der Waals surface area contributed by atoms with E-state index in [0.29, 0.717) is 29.7 Å². The van der Waals surface area contributed by atoms with Crippen molar-refractivity contribution in [1.29, 1.82) is 0 Å². The molecular weight excluding hydrogens is 281 g/mol. The fourth-order valence-corrected chi connectivity index (χ4v) is 3.01. The second-order valence-corrected chi connectivity index (χ2v) is 5.76. The van der Waals surface area contributed by atoms with Crippen LogP contribution in [0.3, 0.4) is 0 Å². The molecule has 2 N–H and O–H groups in total. The van der Waals surface area contributed by atoms with Crippen LogP contribution < -0.4 is 5.32 Å². The van der Waals surface area contributed by atoms with Gasteiger partial charge in [0.05, 0.1) is 0 Å². The number of nitrogens with one attached hydrogen (secondary N) is 1. The molecule has 20 heavy (non-hydrogen) atoms. The maximum Gasteiger partial charge on any atom is 0.228 e. The number of rotatable bonds is 3. The van der Waals surface area contributed by atoms with Crippen LogP contribution in [-0.2, 0) is 6.42 Å². The molecule has 3 rings (SSSR count). The van der Waals surface area contributed by atoms with Crippen molar-refractivity contribution in [1.82, 2.24) is 15.5 Å². The molecule has 0 spiro atoms. The molecule has 0 radical (unpaired) electrons. The Bertz CT molecular complexity index is 599. The third-order valence-corrected chi connectivity index (χ3v) is 4.22. The maximum absolute atomic E-state index is 13.3. The molecule has 0 bridgehead atoms. The Hall–Kier alpha value is -1.60. The molecule has 1 fully saturated rings. The van der Waals surface area contributed by atoms with Gasteiger partial charge in [-0.25, -0.2) is 4.39 Å². The zero-order chi connectivity index (χ0) is 13.9. The summed E-state index contributed by atoms with van der Waals surface area (Å²) in [6, 6.07) is 4.36. The lowest BCUT2D eigenvalue weighted by Crippen LogP contribution is -2.38. The standard InChI is InChI=1S/C13H14FN3O2S/c14-10-5-8(1-2-11(10)18)13-16-12(19-17-13)6-9-7-20-4-3-15-9/h1-2,5,9,15,18H,3-4,6-7H2. The average molecular weight is 295 g/mol. The molecule has 0 amide bonds. The van der Waals surface area contributed by atoms with E-state index in [1.165, 1.54) is 12.1 Å². The van der Waals surface area contributed by atoms with Crippen LogP contribution >= 0.6 is 11.8 Å². The predicted molar refractivity (Wildman–Crippen MR) is 74.2 cm³/mol. The molecule has 2 aromatic rings. The van der Waals surface area contributed by atoms with E-state index < -0.39 is 5.82 Å². The van der Waals surface area contributed by atoms with Crippen molar-refractivity contribution >= 4 is 11.8 Å². The summed E-state index contributed by atoms with van der Waals surface area (Å²) >= 11 is 1.90. The largest absolute Gasteiger partial charge is 0.505 e. The lowest BCUT2D eigenvalue weighted by Gasteiger charge is -2.21. The highest BCUT2D eigenvalue weighted by Gasteiger charge is 2.18. The van der Waals surface area contributed by atoms with Gasteiger partial charge in [-0.15, -0.1) is 0 Å².